The fourth-order valence-corrected chi connectivity index (χ4v) is 2.15. The molecule has 2 N–H and O–H groups in total. The van der Waals surface area contributed by atoms with Gasteiger partial charge in [-0.1, -0.05) is 42.5 Å². The van der Waals surface area contributed by atoms with Crippen LogP contribution in [0.2, 0.25) is 0 Å². The van der Waals surface area contributed by atoms with E-state index in [2.05, 4.69) is 15.8 Å². The third kappa shape index (κ3) is 6.28. The van der Waals surface area contributed by atoms with E-state index in [1.165, 1.54) is 6.21 Å². The number of hydrogen-bond donors (Lipinski definition) is 2. The van der Waals surface area contributed by atoms with E-state index in [1.54, 1.807) is 31.2 Å². The van der Waals surface area contributed by atoms with Crippen LogP contribution >= 0.6 is 0 Å². The van der Waals surface area contributed by atoms with Crippen LogP contribution in [0, 0.1) is 0 Å². The summed E-state index contributed by atoms with van der Waals surface area (Å²) in [7, 11) is 0. The third-order valence-electron chi connectivity index (χ3n) is 3.49. The van der Waals surface area contributed by atoms with Crippen molar-refractivity contribution in [2.24, 2.45) is 5.10 Å². The number of nitrogens with zero attached hydrogens (tertiary/aromatic N) is 1. The summed E-state index contributed by atoms with van der Waals surface area (Å²) in [5.41, 5.74) is 3.40. The summed E-state index contributed by atoms with van der Waals surface area (Å²) in [6.07, 6.45) is 1.25. The number of nitrogens with one attached hydrogen (secondary N) is 2. The van der Waals surface area contributed by atoms with Crippen molar-refractivity contribution in [1.29, 1.82) is 0 Å². The van der Waals surface area contributed by atoms with Gasteiger partial charge in [0.05, 0.1) is 18.2 Å². The van der Waals surface area contributed by atoms with Crippen molar-refractivity contribution in [2.45, 2.75) is 13.0 Å². The molecule has 2 aromatic rings. The van der Waals surface area contributed by atoms with Crippen molar-refractivity contribution in [1.82, 2.24) is 10.7 Å². The Morgan fingerprint density at radius 1 is 1.07 bits per heavy atom. The van der Waals surface area contributed by atoms with Crippen molar-refractivity contribution in [3.05, 3.63) is 65.7 Å². The minimum Gasteiger partial charge on any atom is -0.546 e. The monoisotopic (exact) mass is 368 g/mol. The summed E-state index contributed by atoms with van der Waals surface area (Å²) < 4.78 is 5.06. The van der Waals surface area contributed by atoms with Crippen LogP contribution < -0.4 is 20.6 Å². The zero-order valence-corrected chi connectivity index (χ0v) is 14.5. The molecule has 2 aromatic carbocycles. The molecule has 0 saturated heterocycles. The molecule has 0 spiro atoms. The number of para-hydroxylation sites is 1. The van der Waals surface area contributed by atoms with Crippen LogP contribution in [0.25, 0.3) is 0 Å². The number of hydrogen-bond acceptors (Lipinski definition) is 6. The van der Waals surface area contributed by atoms with Crippen LogP contribution in [-0.2, 0) is 14.4 Å². The summed E-state index contributed by atoms with van der Waals surface area (Å²) in [5.74, 6) is -2.87. The Labute approximate surface area is 155 Å². The van der Waals surface area contributed by atoms with Gasteiger partial charge >= 0.3 is 11.8 Å². The first-order valence-corrected chi connectivity index (χ1v) is 8.08. The second kappa shape index (κ2) is 9.71. The van der Waals surface area contributed by atoms with Crippen molar-refractivity contribution < 1.29 is 24.2 Å². The molecule has 1 atom stereocenters. The molecule has 0 saturated carbocycles. The molecule has 0 aromatic heterocycles. The molecular weight excluding hydrogens is 350 g/mol. The smallest absolute Gasteiger partial charge is 0.329 e. The van der Waals surface area contributed by atoms with Gasteiger partial charge in [-0.3, -0.25) is 9.59 Å². The molecule has 2 rings (SSSR count). The molecular formula is C19H18N3O5-. The Bertz CT molecular complexity index is 836. The topological polar surface area (TPSA) is 120 Å². The molecule has 0 aliphatic carbocycles. The van der Waals surface area contributed by atoms with Gasteiger partial charge in [0.2, 0.25) is 0 Å². The van der Waals surface area contributed by atoms with Crippen molar-refractivity contribution in [2.75, 3.05) is 6.61 Å². The number of carbonyl (C=O) groups excluding carboxylic acids is 3. The molecule has 8 heteroatoms. The predicted molar refractivity (Wildman–Crippen MR) is 95.7 cm³/mol. The van der Waals surface area contributed by atoms with Gasteiger partial charge in [0.25, 0.3) is 0 Å². The Morgan fingerprint density at radius 3 is 2.44 bits per heavy atom. The van der Waals surface area contributed by atoms with Crippen LogP contribution in [0.15, 0.2) is 59.7 Å². The summed E-state index contributed by atoms with van der Waals surface area (Å²) >= 11 is 0. The van der Waals surface area contributed by atoms with E-state index in [4.69, 9.17) is 4.74 Å². The molecule has 0 aliphatic rings. The van der Waals surface area contributed by atoms with Gasteiger partial charge in [-0.05, 0) is 24.6 Å². The molecule has 2 amide bonds. The van der Waals surface area contributed by atoms with Crippen molar-refractivity contribution >= 4 is 24.0 Å². The first-order chi connectivity index (χ1) is 13.0. The SMILES string of the molecule is C[C@@H](NC(=O)C(=O)N/N=C\c1ccccc1OCC(=O)[O-])c1ccccc1. The summed E-state index contributed by atoms with van der Waals surface area (Å²) in [4.78, 5) is 34.2. The lowest BCUT2D eigenvalue weighted by Crippen LogP contribution is -2.39. The maximum Gasteiger partial charge on any atom is 0.329 e. The first-order valence-electron chi connectivity index (χ1n) is 8.08. The van der Waals surface area contributed by atoms with Gasteiger partial charge in [0, 0.05) is 5.56 Å². The fourth-order valence-electron chi connectivity index (χ4n) is 2.15. The highest BCUT2D eigenvalue weighted by atomic mass is 16.5. The van der Waals surface area contributed by atoms with Gasteiger partial charge in [-0.15, -0.1) is 0 Å². The van der Waals surface area contributed by atoms with Gasteiger partial charge in [0.1, 0.15) is 12.4 Å². The molecule has 27 heavy (non-hydrogen) atoms. The number of amides is 2. The molecule has 0 unspecified atom stereocenters. The van der Waals surface area contributed by atoms with Crippen molar-refractivity contribution in [3.63, 3.8) is 0 Å². The van der Waals surface area contributed by atoms with Gasteiger partial charge in [-0.2, -0.15) is 5.10 Å². The van der Waals surface area contributed by atoms with E-state index in [0.29, 0.717) is 5.56 Å². The zero-order valence-electron chi connectivity index (χ0n) is 14.5. The lowest BCUT2D eigenvalue weighted by atomic mass is 10.1. The molecule has 140 valence electrons. The summed E-state index contributed by atoms with van der Waals surface area (Å²) in [5, 5.41) is 16.8. The Morgan fingerprint density at radius 2 is 1.74 bits per heavy atom. The average Bonchev–Trinajstić information content (AvgIpc) is 2.67. The maximum absolute atomic E-state index is 11.9. The van der Waals surface area contributed by atoms with Gasteiger partial charge in [-0.25, -0.2) is 5.43 Å². The van der Waals surface area contributed by atoms with E-state index in [0.717, 1.165) is 5.56 Å². The molecule has 0 bridgehead atoms. The van der Waals surface area contributed by atoms with E-state index >= 15 is 0 Å². The number of rotatable bonds is 7. The summed E-state index contributed by atoms with van der Waals surface area (Å²) in [6.45, 7) is 1.14. The second-order valence-corrected chi connectivity index (χ2v) is 5.50. The number of aliphatic carboxylic acids is 1. The molecule has 0 radical (unpaired) electrons. The summed E-state index contributed by atoms with van der Waals surface area (Å²) in [6, 6.07) is 15.3. The Balaban J connectivity index is 1.91. The number of carbonyl (C=O) groups is 3. The third-order valence-corrected chi connectivity index (χ3v) is 3.49. The fraction of sp³-hybridized carbons (Fsp3) is 0.158. The zero-order chi connectivity index (χ0) is 19.6. The lowest BCUT2D eigenvalue weighted by Gasteiger charge is -2.13. The first kappa shape index (κ1) is 19.6. The number of benzene rings is 2. The highest BCUT2D eigenvalue weighted by Gasteiger charge is 2.16. The second-order valence-electron chi connectivity index (χ2n) is 5.50. The largest absolute Gasteiger partial charge is 0.546 e. The molecule has 8 nitrogen and oxygen atoms in total. The van der Waals surface area contributed by atoms with E-state index in [1.807, 2.05) is 30.3 Å². The molecule has 0 fully saturated rings. The van der Waals surface area contributed by atoms with Crippen LogP contribution in [0.3, 0.4) is 0 Å². The van der Waals surface area contributed by atoms with Crippen LogP contribution in [0.1, 0.15) is 24.1 Å². The number of ether oxygens (including phenoxy) is 1. The quantitative estimate of drug-likeness (QED) is 0.409. The number of hydrazone groups is 1. The Kier molecular flexibility index (Phi) is 7.07. The van der Waals surface area contributed by atoms with E-state index in [9.17, 15) is 19.5 Å². The van der Waals surface area contributed by atoms with Crippen molar-refractivity contribution in [3.8, 4) is 5.75 Å². The van der Waals surface area contributed by atoms with Crippen LogP contribution in [0.5, 0.6) is 5.75 Å². The molecule has 0 aliphatic heterocycles. The highest BCUT2D eigenvalue weighted by molar-refractivity contribution is 6.35. The molecule has 0 heterocycles. The predicted octanol–water partition coefficient (Wildman–Crippen LogP) is 0.143. The standard InChI is InChI=1S/C19H19N3O5/c1-13(14-7-3-2-4-8-14)21-18(25)19(26)22-20-11-15-9-5-6-10-16(15)27-12-17(23)24/h2-11,13H,12H2,1H3,(H,21,25)(H,22,26)(H,23,24)/p-1/b20-11-/t13-/m1/s1. The van der Waals surface area contributed by atoms with Gasteiger partial charge < -0.3 is 20.0 Å². The Hall–Kier alpha value is -3.68. The minimum absolute atomic E-state index is 0.252. The minimum atomic E-state index is -1.36. The average molecular weight is 368 g/mol. The number of carboxylic acids is 1. The lowest BCUT2D eigenvalue weighted by molar-refractivity contribution is -0.307. The number of carboxylic acid groups (broad SMARTS) is 1. The maximum atomic E-state index is 11.9. The van der Waals surface area contributed by atoms with Gasteiger partial charge in [0.15, 0.2) is 0 Å². The highest BCUT2D eigenvalue weighted by Crippen LogP contribution is 2.15. The van der Waals surface area contributed by atoms with E-state index in [-0.39, 0.29) is 11.8 Å². The van der Waals surface area contributed by atoms with E-state index < -0.39 is 24.4 Å². The van der Waals surface area contributed by atoms with Crippen LogP contribution in [-0.4, -0.2) is 30.6 Å². The van der Waals surface area contributed by atoms with Crippen LogP contribution in [0.4, 0.5) is 0 Å². The normalized spacial score (nSPS) is 11.6.